The van der Waals surface area contributed by atoms with Crippen molar-refractivity contribution in [2.75, 3.05) is 12.3 Å². The van der Waals surface area contributed by atoms with Crippen molar-refractivity contribution in [2.24, 2.45) is 0 Å². The number of carbonyl (C=O) groups is 1. The number of nitrogens with two attached hydrogens (primary N) is 1. The number of aryl methyl sites for hydroxylation is 2. The van der Waals surface area contributed by atoms with E-state index >= 15 is 0 Å². The first kappa shape index (κ1) is 13.5. The maximum absolute atomic E-state index is 11.6. The largest absolute Gasteiger partial charge is 0.375 e. The molecule has 0 radical (unpaired) electrons. The van der Waals surface area contributed by atoms with Gasteiger partial charge in [0.15, 0.2) is 5.13 Å². The summed E-state index contributed by atoms with van der Waals surface area (Å²) < 4.78 is 4.53. The molecule has 2 rings (SSSR count). The van der Waals surface area contributed by atoms with E-state index in [0.29, 0.717) is 23.1 Å². The maximum atomic E-state index is 11.6. The Bertz CT molecular complexity index is 551. The van der Waals surface area contributed by atoms with E-state index in [1.54, 1.807) is 6.92 Å². The molecule has 0 aliphatic heterocycles. The summed E-state index contributed by atoms with van der Waals surface area (Å²) in [6.45, 7) is 2.35. The van der Waals surface area contributed by atoms with Crippen molar-refractivity contribution >= 4 is 22.4 Å². The van der Waals surface area contributed by atoms with Crippen molar-refractivity contribution in [1.82, 2.24) is 20.6 Å². The van der Waals surface area contributed by atoms with Gasteiger partial charge in [-0.15, -0.1) is 11.3 Å². The molecule has 2 heterocycles. The zero-order valence-electron chi connectivity index (χ0n) is 10.5. The molecule has 19 heavy (non-hydrogen) atoms. The summed E-state index contributed by atoms with van der Waals surface area (Å²) in [4.78, 5) is 15.8. The SMILES string of the molecule is Cc1nonc1CC(=O)NCCCc1csc(N)n1. The van der Waals surface area contributed by atoms with Gasteiger partial charge in [0.2, 0.25) is 5.91 Å². The normalized spacial score (nSPS) is 10.6. The third-order valence-corrected chi connectivity index (χ3v) is 3.30. The fourth-order valence-corrected chi connectivity index (χ4v) is 2.16. The van der Waals surface area contributed by atoms with Gasteiger partial charge in [0, 0.05) is 11.9 Å². The lowest BCUT2D eigenvalue weighted by Crippen LogP contribution is -2.26. The minimum atomic E-state index is -0.0865. The predicted molar refractivity (Wildman–Crippen MR) is 70.6 cm³/mol. The van der Waals surface area contributed by atoms with E-state index in [1.165, 1.54) is 11.3 Å². The smallest absolute Gasteiger partial charge is 0.226 e. The molecule has 0 saturated carbocycles. The molecular formula is C11H15N5O2S. The predicted octanol–water partition coefficient (Wildman–Crippen LogP) is 0.708. The molecule has 0 aromatic carbocycles. The van der Waals surface area contributed by atoms with Gasteiger partial charge in [-0.25, -0.2) is 9.61 Å². The minimum absolute atomic E-state index is 0.0865. The number of anilines is 1. The average Bonchev–Trinajstić information content (AvgIpc) is 2.95. The molecule has 0 bridgehead atoms. The van der Waals surface area contributed by atoms with E-state index in [9.17, 15) is 4.79 Å². The first-order chi connectivity index (χ1) is 9.15. The van der Waals surface area contributed by atoms with Crippen LogP contribution in [0, 0.1) is 6.92 Å². The van der Waals surface area contributed by atoms with Crippen molar-refractivity contribution < 1.29 is 9.42 Å². The quantitative estimate of drug-likeness (QED) is 0.755. The molecule has 0 unspecified atom stereocenters. The van der Waals surface area contributed by atoms with E-state index in [2.05, 4.69) is 25.2 Å². The van der Waals surface area contributed by atoms with E-state index in [4.69, 9.17) is 5.73 Å². The fourth-order valence-electron chi connectivity index (χ4n) is 1.56. The molecule has 3 N–H and O–H groups in total. The van der Waals surface area contributed by atoms with Crippen LogP contribution < -0.4 is 11.1 Å². The Hall–Kier alpha value is -1.96. The Kier molecular flexibility index (Phi) is 4.45. The van der Waals surface area contributed by atoms with Crippen LogP contribution in [0.25, 0.3) is 0 Å². The van der Waals surface area contributed by atoms with Crippen LogP contribution in [-0.4, -0.2) is 27.7 Å². The van der Waals surface area contributed by atoms with Crippen LogP contribution in [0.1, 0.15) is 23.5 Å². The van der Waals surface area contributed by atoms with Crippen LogP contribution in [0.3, 0.4) is 0 Å². The molecule has 7 nitrogen and oxygen atoms in total. The van der Waals surface area contributed by atoms with Crippen molar-refractivity contribution in [2.45, 2.75) is 26.2 Å². The van der Waals surface area contributed by atoms with Crippen LogP contribution >= 0.6 is 11.3 Å². The standard InChI is InChI=1S/C11H15N5O2S/c1-7-9(16-18-15-7)5-10(17)13-4-2-3-8-6-19-11(12)14-8/h6H,2-5H2,1H3,(H2,12,14)(H,13,17). The summed E-state index contributed by atoms with van der Waals surface area (Å²) in [7, 11) is 0. The highest BCUT2D eigenvalue weighted by molar-refractivity contribution is 7.13. The Morgan fingerprint density at radius 3 is 3.00 bits per heavy atom. The molecule has 0 atom stereocenters. The van der Waals surface area contributed by atoms with Gasteiger partial charge in [-0.1, -0.05) is 10.3 Å². The number of hydrogen-bond acceptors (Lipinski definition) is 7. The molecule has 2 aromatic heterocycles. The van der Waals surface area contributed by atoms with Gasteiger partial charge >= 0.3 is 0 Å². The lowest BCUT2D eigenvalue weighted by atomic mass is 10.2. The molecule has 8 heteroatoms. The monoisotopic (exact) mass is 281 g/mol. The third-order valence-electron chi connectivity index (χ3n) is 2.58. The summed E-state index contributed by atoms with van der Waals surface area (Å²) >= 11 is 1.43. The minimum Gasteiger partial charge on any atom is -0.375 e. The van der Waals surface area contributed by atoms with Crippen molar-refractivity contribution in [3.63, 3.8) is 0 Å². The average molecular weight is 281 g/mol. The van der Waals surface area contributed by atoms with E-state index < -0.39 is 0 Å². The van der Waals surface area contributed by atoms with Gasteiger partial charge in [0.1, 0.15) is 11.4 Å². The summed E-state index contributed by atoms with van der Waals surface area (Å²) in [5, 5.41) is 12.6. The van der Waals surface area contributed by atoms with E-state index in [-0.39, 0.29) is 12.3 Å². The Balaban J connectivity index is 1.66. The van der Waals surface area contributed by atoms with Crippen LogP contribution in [-0.2, 0) is 17.6 Å². The molecule has 0 fully saturated rings. The molecule has 102 valence electrons. The number of amides is 1. The zero-order chi connectivity index (χ0) is 13.7. The van der Waals surface area contributed by atoms with Gasteiger partial charge < -0.3 is 11.1 Å². The highest BCUT2D eigenvalue weighted by Gasteiger charge is 2.10. The molecule has 0 saturated heterocycles. The lowest BCUT2D eigenvalue weighted by Gasteiger charge is -2.02. The third kappa shape index (κ3) is 4.02. The van der Waals surface area contributed by atoms with Gasteiger partial charge in [0.05, 0.1) is 12.1 Å². The second-order valence-electron chi connectivity index (χ2n) is 4.10. The van der Waals surface area contributed by atoms with Crippen LogP contribution in [0.4, 0.5) is 5.13 Å². The topological polar surface area (TPSA) is 107 Å². The molecule has 1 amide bonds. The maximum Gasteiger partial charge on any atom is 0.226 e. The highest BCUT2D eigenvalue weighted by Crippen LogP contribution is 2.12. The number of nitrogens with zero attached hydrogens (tertiary/aromatic N) is 3. The number of rotatable bonds is 6. The summed E-state index contributed by atoms with van der Waals surface area (Å²) in [5.74, 6) is -0.0865. The van der Waals surface area contributed by atoms with Gasteiger partial charge in [-0.3, -0.25) is 4.79 Å². The second kappa shape index (κ2) is 6.28. The zero-order valence-corrected chi connectivity index (χ0v) is 11.4. The Labute approximate surface area is 114 Å². The van der Waals surface area contributed by atoms with Gasteiger partial charge in [-0.05, 0) is 19.8 Å². The first-order valence-electron chi connectivity index (χ1n) is 5.90. The van der Waals surface area contributed by atoms with Crippen LogP contribution in [0.2, 0.25) is 0 Å². The first-order valence-corrected chi connectivity index (χ1v) is 6.77. The number of hydrogen-bond donors (Lipinski definition) is 2. The Morgan fingerprint density at radius 2 is 2.37 bits per heavy atom. The molecule has 0 spiro atoms. The number of nitrogens with one attached hydrogen (secondary N) is 1. The van der Waals surface area contributed by atoms with E-state index in [1.807, 2.05) is 5.38 Å². The van der Waals surface area contributed by atoms with Gasteiger partial charge in [0.25, 0.3) is 0 Å². The molecular weight excluding hydrogens is 266 g/mol. The fraction of sp³-hybridized carbons (Fsp3) is 0.455. The number of carbonyl (C=O) groups excluding carboxylic acids is 1. The molecule has 0 aliphatic rings. The van der Waals surface area contributed by atoms with Gasteiger partial charge in [-0.2, -0.15) is 0 Å². The summed E-state index contributed by atoms with van der Waals surface area (Å²) in [5.41, 5.74) is 7.72. The van der Waals surface area contributed by atoms with Crippen LogP contribution in [0.5, 0.6) is 0 Å². The number of thiazole rings is 1. The van der Waals surface area contributed by atoms with E-state index in [0.717, 1.165) is 18.5 Å². The summed E-state index contributed by atoms with van der Waals surface area (Å²) in [6.07, 6.45) is 1.82. The second-order valence-corrected chi connectivity index (χ2v) is 4.99. The van der Waals surface area contributed by atoms with Crippen molar-refractivity contribution in [1.29, 1.82) is 0 Å². The summed E-state index contributed by atoms with van der Waals surface area (Å²) in [6, 6.07) is 0. The highest BCUT2D eigenvalue weighted by atomic mass is 32.1. The molecule has 2 aromatic rings. The molecule has 0 aliphatic carbocycles. The number of aromatic nitrogens is 3. The van der Waals surface area contributed by atoms with Crippen molar-refractivity contribution in [3.8, 4) is 0 Å². The Morgan fingerprint density at radius 1 is 1.53 bits per heavy atom. The number of nitrogen functional groups attached to an aromatic ring is 1. The van der Waals surface area contributed by atoms with Crippen LogP contribution in [0.15, 0.2) is 10.0 Å². The van der Waals surface area contributed by atoms with Crippen molar-refractivity contribution in [3.05, 3.63) is 22.5 Å². The lowest BCUT2D eigenvalue weighted by molar-refractivity contribution is -0.120.